The zero-order chi connectivity index (χ0) is 9.80. The van der Waals surface area contributed by atoms with E-state index in [0.29, 0.717) is 19.8 Å². The molecule has 0 aliphatic carbocycles. The van der Waals surface area contributed by atoms with Gasteiger partial charge in [-0.15, -0.1) is 0 Å². The van der Waals surface area contributed by atoms with Gasteiger partial charge in [-0.05, 0) is 25.7 Å². The third kappa shape index (κ3) is 2.25. The quantitative estimate of drug-likeness (QED) is 0.631. The zero-order valence-electron chi connectivity index (χ0n) is 8.41. The molecule has 1 amide bonds. The van der Waals surface area contributed by atoms with Crippen molar-refractivity contribution < 1.29 is 14.4 Å². The summed E-state index contributed by atoms with van der Waals surface area (Å²) in [6, 6.07) is 0. The number of carbonyl (C=O) groups is 1. The molecule has 2 heterocycles. The fourth-order valence-electron chi connectivity index (χ4n) is 1.92. The lowest BCUT2D eigenvalue weighted by Gasteiger charge is -2.30. The Morgan fingerprint density at radius 1 is 1.14 bits per heavy atom. The van der Waals surface area contributed by atoms with Gasteiger partial charge in [-0.3, -0.25) is 9.63 Å². The van der Waals surface area contributed by atoms with Gasteiger partial charge in [0.05, 0.1) is 6.61 Å². The minimum atomic E-state index is 0.127. The Balaban J connectivity index is 1.85. The highest BCUT2D eigenvalue weighted by atomic mass is 16.7. The summed E-state index contributed by atoms with van der Waals surface area (Å²) in [5.41, 5.74) is 0. The largest absolute Gasteiger partial charge is 0.381 e. The first-order valence-electron chi connectivity index (χ1n) is 5.40. The molecule has 0 radical (unpaired) electrons. The lowest BCUT2D eigenvalue weighted by atomic mass is 9.99. The van der Waals surface area contributed by atoms with Gasteiger partial charge in [-0.2, -0.15) is 0 Å². The molecule has 2 rings (SSSR count). The molecule has 0 aromatic carbocycles. The van der Waals surface area contributed by atoms with Crippen molar-refractivity contribution in [1.29, 1.82) is 0 Å². The Morgan fingerprint density at radius 2 is 1.93 bits per heavy atom. The lowest BCUT2D eigenvalue weighted by Crippen LogP contribution is -2.41. The minimum Gasteiger partial charge on any atom is -0.381 e. The Bertz CT molecular complexity index is 176. The molecular weight excluding hydrogens is 182 g/mol. The van der Waals surface area contributed by atoms with E-state index in [1.54, 1.807) is 5.06 Å². The molecule has 0 saturated carbocycles. The first kappa shape index (κ1) is 9.93. The average molecular weight is 199 g/mol. The number of nitrogens with zero attached hydrogens (tertiary/aromatic N) is 1. The van der Waals surface area contributed by atoms with E-state index in [1.807, 2.05) is 0 Å². The first-order chi connectivity index (χ1) is 6.88. The van der Waals surface area contributed by atoms with Crippen LogP contribution in [0.1, 0.15) is 25.7 Å². The van der Waals surface area contributed by atoms with E-state index in [2.05, 4.69) is 0 Å². The van der Waals surface area contributed by atoms with Gasteiger partial charge in [-0.1, -0.05) is 0 Å². The Hall–Kier alpha value is -0.610. The summed E-state index contributed by atoms with van der Waals surface area (Å²) < 4.78 is 5.23. The second kappa shape index (κ2) is 4.75. The summed E-state index contributed by atoms with van der Waals surface area (Å²) in [6.45, 7) is 2.87. The lowest BCUT2D eigenvalue weighted by molar-refractivity contribution is -0.203. The van der Waals surface area contributed by atoms with Gasteiger partial charge in [0.15, 0.2) is 0 Å². The van der Waals surface area contributed by atoms with Crippen LogP contribution >= 0.6 is 0 Å². The molecule has 4 heteroatoms. The number of hydrogen-bond acceptors (Lipinski definition) is 3. The highest BCUT2D eigenvalue weighted by Gasteiger charge is 2.27. The van der Waals surface area contributed by atoms with Crippen LogP contribution in [0.15, 0.2) is 0 Å². The van der Waals surface area contributed by atoms with Gasteiger partial charge < -0.3 is 4.74 Å². The molecule has 2 saturated heterocycles. The third-order valence-electron chi connectivity index (χ3n) is 2.82. The number of hydrogen-bond donors (Lipinski definition) is 0. The SMILES string of the molecule is O=C(C1CCOCC1)N1CCCCO1. The number of rotatable bonds is 1. The predicted molar refractivity (Wildman–Crippen MR) is 50.4 cm³/mol. The second-order valence-corrected chi connectivity index (χ2v) is 3.87. The number of carbonyl (C=O) groups excluding carboxylic acids is 1. The van der Waals surface area contributed by atoms with Gasteiger partial charge in [0, 0.05) is 25.7 Å². The summed E-state index contributed by atoms with van der Waals surface area (Å²) in [5.74, 6) is 0.287. The maximum Gasteiger partial charge on any atom is 0.249 e. The second-order valence-electron chi connectivity index (χ2n) is 3.87. The van der Waals surface area contributed by atoms with E-state index in [1.165, 1.54) is 0 Å². The molecule has 0 bridgehead atoms. The van der Waals surface area contributed by atoms with E-state index >= 15 is 0 Å². The van der Waals surface area contributed by atoms with Crippen LogP contribution in [-0.2, 0) is 14.4 Å². The van der Waals surface area contributed by atoms with Crippen molar-refractivity contribution >= 4 is 5.91 Å². The normalized spacial score (nSPS) is 25.0. The van der Waals surface area contributed by atoms with Crippen molar-refractivity contribution in [2.75, 3.05) is 26.4 Å². The van der Waals surface area contributed by atoms with Crippen molar-refractivity contribution in [3.63, 3.8) is 0 Å². The first-order valence-corrected chi connectivity index (χ1v) is 5.40. The third-order valence-corrected chi connectivity index (χ3v) is 2.82. The molecular formula is C10H17NO3. The van der Waals surface area contributed by atoms with Crippen molar-refractivity contribution in [3.05, 3.63) is 0 Å². The van der Waals surface area contributed by atoms with Crippen molar-refractivity contribution in [2.24, 2.45) is 5.92 Å². The maximum absolute atomic E-state index is 11.9. The summed E-state index contributed by atoms with van der Waals surface area (Å²) in [5, 5.41) is 1.56. The van der Waals surface area contributed by atoms with Crippen LogP contribution in [0.25, 0.3) is 0 Å². The fraction of sp³-hybridized carbons (Fsp3) is 0.900. The number of ether oxygens (including phenoxy) is 1. The van der Waals surface area contributed by atoms with E-state index < -0.39 is 0 Å². The molecule has 0 aromatic heterocycles. The van der Waals surface area contributed by atoms with Crippen LogP contribution in [-0.4, -0.2) is 37.3 Å². The van der Waals surface area contributed by atoms with Crippen LogP contribution in [0, 0.1) is 5.92 Å². The molecule has 2 aliphatic heterocycles. The van der Waals surface area contributed by atoms with Crippen LogP contribution in [0.3, 0.4) is 0 Å². The summed E-state index contributed by atoms with van der Waals surface area (Å²) in [6.07, 6.45) is 3.82. The highest BCUT2D eigenvalue weighted by molar-refractivity contribution is 5.77. The van der Waals surface area contributed by atoms with Gasteiger partial charge in [0.1, 0.15) is 0 Å². The summed E-state index contributed by atoms with van der Waals surface area (Å²) in [7, 11) is 0. The molecule has 80 valence electrons. The van der Waals surface area contributed by atoms with E-state index in [-0.39, 0.29) is 11.8 Å². The standard InChI is InChI=1S/C10H17NO3/c12-10(9-3-7-13-8-4-9)11-5-1-2-6-14-11/h9H,1-8H2. The number of amides is 1. The Labute approximate surface area is 84.1 Å². The molecule has 0 spiro atoms. The van der Waals surface area contributed by atoms with Crippen LogP contribution in [0.4, 0.5) is 0 Å². The van der Waals surface area contributed by atoms with E-state index in [9.17, 15) is 4.79 Å². The topological polar surface area (TPSA) is 38.8 Å². The van der Waals surface area contributed by atoms with E-state index in [4.69, 9.17) is 9.57 Å². The maximum atomic E-state index is 11.9. The minimum absolute atomic E-state index is 0.127. The predicted octanol–water partition coefficient (Wildman–Crippen LogP) is 0.967. The fourth-order valence-corrected chi connectivity index (χ4v) is 1.92. The summed E-state index contributed by atoms with van der Waals surface area (Å²) >= 11 is 0. The molecule has 14 heavy (non-hydrogen) atoms. The Kier molecular flexibility index (Phi) is 3.37. The molecule has 2 fully saturated rings. The number of hydroxylamine groups is 2. The van der Waals surface area contributed by atoms with Gasteiger partial charge in [-0.25, -0.2) is 5.06 Å². The highest BCUT2D eigenvalue weighted by Crippen LogP contribution is 2.19. The van der Waals surface area contributed by atoms with Crippen LogP contribution in [0.2, 0.25) is 0 Å². The molecule has 2 aliphatic rings. The molecule has 0 aromatic rings. The van der Waals surface area contributed by atoms with Crippen LogP contribution in [0.5, 0.6) is 0 Å². The average Bonchev–Trinajstić information content (AvgIpc) is 2.30. The molecule has 0 atom stereocenters. The van der Waals surface area contributed by atoms with Crippen molar-refractivity contribution in [1.82, 2.24) is 5.06 Å². The summed E-state index contributed by atoms with van der Waals surface area (Å²) in [4.78, 5) is 17.2. The molecule has 0 unspecified atom stereocenters. The zero-order valence-corrected chi connectivity index (χ0v) is 8.41. The van der Waals surface area contributed by atoms with Crippen molar-refractivity contribution in [2.45, 2.75) is 25.7 Å². The molecule has 4 nitrogen and oxygen atoms in total. The van der Waals surface area contributed by atoms with Gasteiger partial charge in [0.25, 0.3) is 0 Å². The van der Waals surface area contributed by atoms with Crippen LogP contribution < -0.4 is 0 Å². The monoisotopic (exact) mass is 199 g/mol. The van der Waals surface area contributed by atoms with Gasteiger partial charge >= 0.3 is 0 Å². The van der Waals surface area contributed by atoms with E-state index in [0.717, 1.165) is 32.2 Å². The van der Waals surface area contributed by atoms with Gasteiger partial charge in [0.2, 0.25) is 5.91 Å². The smallest absolute Gasteiger partial charge is 0.249 e. The Morgan fingerprint density at radius 3 is 2.57 bits per heavy atom. The molecule has 0 N–H and O–H groups in total. The van der Waals surface area contributed by atoms with Crippen molar-refractivity contribution in [3.8, 4) is 0 Å².